The Hall–Kier alpha value is -2.03. The summed E-state index contributed by atoms with van der Waals surface area (Å²) < 4.78 is 0. The van der Waals surface area contributed by atoms with Gasteiger partial charge in [-0.25, -0.2) is 0 Å². The number of fused-ring (bicyclic) bond motifs is 1. The van der Waals surface area contributed by atoms with E-state index in [4.69, 9.17) is 0 Å². The molecule has 1 heterocycles. The second-order valence-electron chi connectivity index (χ2n) is 4.36. The van der Waals surface area contributed by atoms with Crippen LogP contribution in [0.1, 0.15) is 23.2 Å². The van der Waals surface area contributed by atoms with E-state index in [9.17, 15) is 4.79 Å². The van der Waals surface area contributed by atoms with Crippen molar-refractivity contribution in [1.82, 2.24) is 10.3 Å². The molecule has 2 N–H and O–H groups in total. The first kappa shape index (κ1) is 10.1. The number of hydrogen-bond acceptors (Lipinski definition) is 1. The molecule has 2 aromatic rings. The molecule has 0 unspecified atom stereocenters. The molecule has 1 amide bonds. The van der Waals surface area contributed by atoms with Gasteiger partial charge in [-0.1, -0.05) is 30.4 Å². The third kappa shape index (κ3) is 1.84. The summed E-state index contributed by atoms with van der Waals surface area (Å²) in [6.45, 7) is 0. The molecular formula is C14H14N2O. The van der Waals surface area contributed by atoms with Crippen LogP contribution in [0.4, 0.5) is 0 Å². The lowest BCUT2D eigenvalue weighted by molar-refractivity contribution is 0.0940. The van der Waals surface area contributed by atoms with E-state index in [0.29, 0.717) is 0 Å². The average molecular weight is 226 g/mol. The summed E-state index contributed by atoms with van der Waals surface area (Å²) in [6, 6.07) is 8.11. The number of para-hydroxylation sites is 1. The zero-order chi connectivity index (χ0) is 11.7. The van der Waals surface area contributed by atoms with Gasteiger partial charge in [-0.05, 0) is 18.9 Å². The van der Waals surface area contributed by atoms with E-state index in [2.05, 4.69) is 22.5 Å². The number of nitrogens with one attached hydrogen (secondary N) is 2. The fourth-order valence-electron chi connectivity index (χ4n) is 2.26. The van der Waals surface area contributed by atoms with E-state index in [1.54, 1.807) is 6.20 Å². The highest BCUT2D eigenvalue weighted by Crippen LogP contribution is 2.18. The van der Waals surface area contributed by atoms with Gasteiger partial charge in [-0.2, -0.15) is 0 Å². The fraction of sp³-hybridized carbons (Fsp3) is 0.214. The number of aromatic amines is 1. The Bertz CT molecular complexity index is 575. The van der Waals surface area contributed by atoms with Crippen molar-refractivity contribution >= 4 is 16.8 Å². The van der Waals surface area contributed by atoms with Gasteiger partial charge in [0.05, 0.1) is 5.56 Å². The van der Waals surface area contributed by atoms with Crippen molar-refractivity contribution < 1.29 is 4.79 Å². The normalized spacial score (nSPS) is 15.5. The van der Waals surface area contributed by atoms with Gasteiger partial charge in [0.15, 0.2) is 0 Å². The van der Waals surface area contributed by atoms with Crippen LogP contribution in [-0.2, 0) is 0 Å². The summed E-state index contributed by atoms with van der Waals surface area (Å²) in [5.41, 5.74) is 1.73. The summed E-state index contributed by atoms with van der Waals surface area (Å²) in [5, 5.41) is 4.03. The molecule has 1 aliphatic carbocycles. The quantitative estimate of drug-likeness (QED) is 0.760. The Labute approximate surface area is 99.5 Å². The van der Waals surface area contributed by atoms with Crippen LogP contribution in [0.2, 0.25) is 0 Å². The molecule has 17 heavy (non-hydrogen) atoms. The topological polar surface area (TPSA) is 44.9 Å². The highest BCUT2D eigenvalue weighted by molar-refractivity contribution is 6.06. The zero-order valence-corrected chi connectivity index (χ0v) is 9.44. The SMILES string of the molecule is O=C(NC1CC=CC1)c1c[nH]c2ccccc12. The van der Waals surface area contributed by atoms with Gasteiger partial charge < -0.3 is 10.3 Å². The van der Waals surface area contributed by atoms with Crippen LogP contribution in [0.3, 0.4) is 0 Å². The summed E-state index contributed by atoms with van der Waals surface area (Å²) in [6.07, 6.45) is 7.88. The standard InChI is InChI=1S/C14H14N2O/c17-14(16-10-5-1-2-6-10)12-9-15-13-8-4-3-7-11(12)13/h1-4,7-10,15H,5-6H2,(H,16,17). The molecule has 0 saturated carbocycles. The van der Waals surface area contributed by atoms with Crippen LogP contribution in [-0.4, -0.2) is 16.9 Å². The molecule has 1 aromatic heterocycles. The Morgan fingerprint density at radius 2 is 2.00 bits per heavy atom. The van der Waals surface area contributed by atoms with E-state index in [1.165, 1.54) is 0 Å². The minimum Gasteiger partial charge on any atom is -0.360 e. The van der Waals surface area contributed by atoms with Gasteiger partial charge in [0.1, 0.15) is 0 Å². The van der Waals surface area contributed by atoms with Gasteiger partial charge in [-0.3, -0.25) is 4.79 Å². The highest BCUT2D eigenvalue weighted by Gasteiger charge is 2.16. The van der Waals surface area contributed by atoms with Gasteiger partial charge in [-0.15, -0.1) is 0 Å². The minimum atomic E-state index is 0.0103. The van der Waals surface area contributed by atoms with E-state index in [-0.39, 0.29) is 11.9 Å². The minimum absolute atomic E-state index is 0.0103. The molecule has 3 rings (SSSR count). The maximum atomic E-state index is 12.1. The zero-order valence-electron chi connectivity index (χ0n) is 9.44. The number of benzene rings is 1. The van der Waals surface area contributed by atoms with Crippen LogP contribution in [0.15, 0.2) is 42.6 Å². The lowest BCUT2D eigenvalue weighted by atomic mass is 10.1. The molecule has 0 saturated heterocycles. The van der Waals surface area contributed by atoms with Crippen molar-refractivity contribution in [2.45, 2.75) is 18.9 Å². The molecule has 0 bridgehead atoms. The molecule has 0 aliphatic heterocycles. The lowest BCUT2D eigenvalue weighted by Gasteiger charge is -2.11. The number of rotatable bonds is 2. The van der Waals surface area contributed by atoms with Crippen LogP contribution >= 0.6 is 0 Å². The summed E-state index contributed by atoms with van der Waals surface area (Å²) in [7, 11) is 0. The second-order valence-corrected chi connectivity index (χ2v) is 4.36. The predicted octanol–water partition coefficient (Wildman–Crippen LogP) is 2.62. The van der Waals surface area contributed by atoms with Crippen LogP contribution in [0.25, 0.3) is 10.9 Å². The number of carbonyl (C=O) groups excluding carboxylic acids is 1. The van der Waals surface area contributed by atoms with Crippen molar-refractivity contribution in [2.75, 3.05) is 0 Å². The van der Waals surface area contributed by atoms with Crippen molar-refractivity contribution in [3.05, 3.63) is 48.2 Å². The third-order valence-electron chi connectivity index (χ3n) is 3.18. The molecule has 0 radical (unpaired) electrons. The number of H-pyrrole nitrogens is 1. The van der Waals surface area contributed by atoms with E-state index in [1.807, 2.05) is 24.3 Å². The second kappa shape index (κ2) is 4.09. The molecule has 0 atom stereocenters. The first-order valence-corrected chi connectivity index (χ1v) is 5.86. The predicted molar refractivity (Wildman–Crippen MR) is 67.9 cm³/mol. The first-order chi connectivity index (χ1) is 8.34. The number of hydrogen-bond donors (Lipinski definition) is 2. The Kier molecular flexibility index (Phi) is 2.44. The van der Waals surface area contributed by atoms with Crippen LogP contribution in [0, 0.1) is 0 Å². The number of carbonyl (C=O) groups is 1. The monoisotopic (exact) mass is 226 g/mol. The third-order valence-corrected chi connectivity index (χ3v) is 3.18. The average Bonchev–Trinajstić information content (AvgIpc) is 2.96. The molecule has 1 aliphatic rings. The molecule has 0 spiro atoms. The van der Waals surface area contributed by atoms with Crippen molar-refractivity contribution in [1.29, 1.82) is 0 Å². The fourth-order valence-corrected chi connectivity index (χ4v) is 2.26. The smallest absolute Gasteiger partial charge is 0.253 e. The van der Waals surface area contributed by atoms with Crippen LogP contribution < -0.4 is 5.32 Å². The maximum absolute atomic E-state index is 12.1. The molecule has 3 heteroatoms. The highest BCUT2D eigenvalue weighted by atomic mass is 16.1. The summed E-state index contributed by atoms with van der Waals surface area (Å²) >= 11 is 0. The van der Waals surface area contributed by atoms with E-state index in [0.717, 1.165) is 29.3 Å². The van der Waals surface area contributed by atoms with Crippen LogP contribution in [0.5, 0.6) is 0 Å². The van der Waals surface area contributed by atoms with E-state index >= 15 is 0 Å². The van der Waals surface area contributed by atoms with Crippen molar-refractivity contribution in [2.24, 2.45) is 0 Å². The molecular weight excluding hydrogens is 212 g/mol. The first-order valence-electron chi connectivity index (χ1n) is 5.86. The molecule has 86 valence electrons. The Balaban J connectivity index is 1.85. The van der Waals surface area contributed by atoms with Crippen molar-refractivity contribution in [3.8, 4) is 0 Å². The van der Waals surface area contributed by atoms with Gasteiger partial charge >= 0.3 is 0 Å². The largest absolute Gasteiger partial charge is 0.360 e. The van der Waals surface area contributed by atoms with Gasteiger partial charge in [0.2, 0.25) is 0 Å². The Morgan fingerprint density at radius 1 is 1.24 bits per heavy atom. The molecule has 3 nitrogen and oxygen atoms in total. The number of amides is 1. The lowest BCUT2D eigenvalue weighted by Crippen LogP contribution is -2.32. The van der Waals surface area contributed by atoms with E-state index < -0.39 is 0 Å². The summed E-state index contributed by atoms with van der Waals surface area (Å²) in [4.78, 5) is 15.2. The molecule has 1 aromatic carbocycles. The number of aromatic nitrogens is 1. The Morgan fingerprint density at radius 3 is 2.82 bits per heavy atom. The summed E-state index contributed by atoms with van der Waals surface area (Å²) in [5.74, 6) is 0.0103. The maximum Gasteiger partial charge on any atom is 0.253 e. The molecule has 0 fully saturated rings. The van der Waals surface area contributed by atoms with Gasteiger partial charge in [0, 0.05) is 23.1 Å². The van der Waals surface area contributed by atoms with Gasteiger partial charge in [0.25, 0.3) is 5.91 Å². The van der Waals surface area contributed by atoms with Crippen molar-refractivity contribution in [3.63, 3.8) is 0 Å².